The van der Waals surface area contributed by atoms with Crippen LogP contribution in [0.3, 0.4) is 0 Å². The second-order valence-electron chi connectivity index (χ2n) is 3.28. The molecule has 14 heavy (non-hydrogen) atoms. The molecule has 0 aliphatic heterocycles. The maximum atomic E-state index is 10.5. The van der Waals surface area contributed by atoms with Crippen molar-refractivity contribution in [2.75, 3.05) is 19.4 Å². The van der Waals surface area contributed by atoms with Gasteiger partial charge in [-0.05, 0) is 6.42 Å². The monoisotopic (exact) mass is 226 g/mol. The predicted octanol–water partition coefficient (Wildman–Crippen LogP) is 0.732. The molecule has 0 fully saturated rings. The average molecular weight is 226 g/mol. The Kier molecular flexibility index (Phi) is 7.41. The van der Waals surface area contributed by atoms with E-state index in [1.165, 1.54) is 0 Å². The van der Waals surface area contributed by atoms with E-state index in [4.69, 9.17) is 19.6 Å². The molecule has 5 nitrogen and oxygen atoms in total. The molecule has 0 aromatic carbocycles. The molecule has 0 heterocycles. The number of ether oxygens (including phenoxy) is 1. The summed E-state index contributed by atoms with van der Waals surface area (Å²) < 4.78 is 15.5. The minimum atomic E-state index is -4.11. The number of unbranched alkanes of at least 4 members (excludes halogenated alkanes) is 2. The Morgan fingerprint density at radius 1 is 1.36 bits per heavy atom. The van der Waals surface area contributed by atoms with Crippen LogP contribution in [0.2, 0.25) is 0 Å². The molecule has 0 saturated heterocycles. The molecule has 1 atom stereocenters. The maximum absolute atomic E-state index is 10.5. The van der Waals surface area contributed by atoms with Crippen LogP contribution in [0.25, 0.3) is 0 Å². The molecule has 1 unspecified atom stereocenters. The Hall–Kier alpha value is 0.0700. The Labute approximate surface area is 84.3 Å². The van der Waals surface area contributed by atoms with E-state index in [9.17, 15) is 4.57 Å². The second kappa shape index (κ2) is 7.37. The fourth-order valence-electron chi connectivity index (χ4n) is 1.00. The lowest BCUT2D eigenvalue weighted by Gasteiger charge is -2.11. The van der Waals surface area contributed by atoms with Crippen LogP contribution in [0.1, 0.15) is 26.2 Å². The molecule has 0 aromatic rings. The molecule has 0 aliphatic carbocycles. The van der Waals surface area contributed by atoms with Crippen LogP contribution in [-0.2, 0) is 9.30 Å². The third kappa shape index (κ3) is 10.2. The van der Waals surface area contributed by atoms with Gasteiger partial charge in [0.2, 0.25) is 0 Å². The fourth-order valence-corrected chi connectivity index (χ4v) is 1.66. The smallest absolute Gasteiger partial charge is 0.328 e. The van der Waals surface area contributed by atoms with Crippen molar-refractivity contribution in [3.8, 4) is 0 Å². The molecule has 86 valence electrons. The summed E-state index contributed by atoms with van der Waals surface area (Å²) in [5.74, 6) is 0. The molecule has 0 aromatic heterocycles. The lowest BCUT2D eigenvalue weighted by molar-refractivity contribution is 0.0440. The number of hydrogen-bond donors (Lipinski definition) is 3. The zero-order chi connectivity index (χ0) is 11.0. The van der Waals surface area contributed by atoms with Crippen molar-refractivity contribution in [3.05, 3.63) is 0 Å². The molecule has 0 radical (unpaired) electrons. The third-order valence-electron chi connectivity index (χ3n) is 1.65. The molecule has 6 heteroatoms. The highest BCUT2D eigenvalue weighted by Crippen LogP contribution is 2.34. The van der Waals surface area contributed by atoms with Crippen LogP contribution in [0.15, 0.2) is 0 Å². The van der Waals surface area contributed by atoms with Crippen LogP contribution < -0.4 is 0 Å². The van der Waals surface area contributed by atoms with Crippen molar-refractivity contribution in [2.24, 2.45) is 0 Å². The molecule has 0 bridgehead atoms. The van der Waals surface area contributed by atoms with Crippen molar-refractivity contribution in [1.82, 2.24) is 0 Å². The average Bonchev–Trinajstić information content (AvgIpc) is 2.00. The van der Waals surface area contributed by atoms with Gasteiger partial charge in [0.05, 0.1) is 18.9 Å². The van der Waals surface area contributed by atoms with Crippen molar-refractivity contribution < 1.29 is 24.2 Å². The highest BCUT2D eigenvalue weighted by atomic mass is 31.2. The molecule has 0 rings (SSSR count). The van der Waals surface area contributed by atoms with Crippen molar-refractivity contribution >= 4 is 7.60 Å². The van der Waals surface area contributed by atoms with Gasteiger partial charge in [0.25, 0.3) is 0 Å². The minimum Gasteiger partial charge on any atom is -0.390 e. The van der Waals surface area contributed by atoms with Crippen LogP contribution in [0.4, 0.5) is 0 Å². The first kappa shape index (κ1) is 14.1. The summed E-state index contributed by atoms with van der Waals surface area (Å²) in [5.41, 5.74) is 0. The van der Waals surface area contributed by atoms with E-state index in [1.807, 2.05) is 0 Å². The topological polar surface area (TPSA) is 87.0 Å². The van der Waals surface area contributed by atoms with Crippen LogP contribution >= 0.6 is 7.60 Å². The summed E-state index contributed by atoms with van der Waals surface area (Å²) >= 11 is 0. The SMILES string of the molecule is CCCCCOCC(O)CP(=O)(O)O. The van der Waals surface area contributed by atoms with E-state index in [-0.39, 0.29) is 6.61 Å². The van der Waals surface area contributed by atoms with Crippen molar-refractivity contribution in [1.29, 1.82) is 0 Å². The van der Waals surface area contributed by atoms with E-state index < -0.39 is 19.9 Å². The van der Waals surface area contributed by atoms with Gasteiger partial charge in [-0.3, -0.25) is 4.57 Å². The summed E-state index contributed by atoms with van der Waals surface area (Å²) in [6.07, 6.45) is 1.47. The largest absolute Gasteiger partial charge is 0.390 e. The molecular formula is C8H19O5P. The van der Waals surface area contributed by atoms with Crippen molar-refractivity contribution in [2.45, 2.75) is 32.3 Å². The van der Waals surface area contributed by atoms with E-state index in [1.54, 1.807) is 0 Å². The summed E-state index contributed by atoms with van der Waals surface area (Å²) in [6, 6.07) is 0. The van der Waals surface area contributed by atoms with E-state index in [0.29, 0.717) is 6.61 Å². The van der Waals surface area contributed by atoms with E-state index in [2.05, 4.69) is 6.92 Å². The first-order valence-corrected chi connectivity index (χ1v) is 6.56. The number of aliphatic hydroxyl groups excluding tert-OH is 1. The number of aliphatic hydroxyl groups is 1. The molecule has 0 amide bonds. The van der Waals surface area contributed by atoms with E-state index >= 15 is 0 Å². The fraction of sp³-hybridized carbons (Fsp3) is 1.00. The van der Waals surface area contributed by atoms with Crippen LogP contribution in [-0.4, -0.2) is 40.4 Å². The van der Waals surface area contributed by atoms with Gasteiger partial charge in [0.15, 0.2) is 0 Å². The van der Waals surface area contributed by atoms with Gasteiger partial charge in [0.1, 0.15) is 0 Å². The van der Waals surface area contributed by atoms with Gasteiger partial charge in [-0.1, -0.05) is 19.8 Å². The predicted molar refractivity (Wildman–Crippen MR) is 53.3 cm³/mol. The molecule has 3 N–H and O–H groups in total. The Balaban J connectivity index is 3.36. The van der Waals surface area contributed by atoms with E-state index in [0.717, 1.165) is 19.3 Å². The normalized spacial score (nSPS) is 14.3. The summed E-state index contributed by atoms with van der Waals surface area (Å²) in [6.45, 7) is 2.60. The Morgan fingerprint density at radius 2 is 2.00 bits per heavy atom. The summed E-state index contributed by atoms with van der Waals surface area (Å²) in [7, 11) is -4.11. The first-order valence-electron chi connectivity index (χ1n) is 4.76. The summed E-state index contributed by atoms with van der Waals surface area (Å²) in [4.78, 5) is 17.0. The molecule has 0 aliphatic rings. The highest BCUT2D eigenvalue weighted by Gasteiger charge is 2.19. The lowest BCUT2D eigenvalue weighted by Crippen LogP contribution is -2.20. The van der Waals surface area contributed by atoms with Gasteiger partial charge < -0.3 is 19.6 Å². The van der Waals surface area contributed by atoms with Gasteiger partial charge in [-0.25, -0.2) is 0 Å². The second-order valence-corrected chi connectivity index (χ2v) is 4.98. The highest BCUT2D eigenvalue weighted by molar-refractivity contribution is 7.51. The number of hydrogen-bond acceptors (Lipinski definition) is 3. The Bertz CT molecular complexity index is 179. The molecular weight excluding hydrogens is 207 g/mol. The standard InChI is InChI=1S/C8H19O5P/c1-2-3-4-5-13-6-8(9)7-14(10,11)12/h8-9H,2-7H2,1H3,(H2,10,11,12). The summed E-state index contributed by atoms with van der Waals surface area (Å²) in [5, 5.41) is 9.12. The zero-order valence-corrected chi connectivity index (χ0v) is 9.32. The van der Waals surface area contributed by atoms with Crippen LogP contribution in [0.5, 0.6) is 0 Å². The molecule has 0 saturated carbocycles. The van der Waals surface area contributed by atoms with Gasteiger partial charge in [-0.2, -0.15) is 0 Å². The quantitative estimate of drug-likeness (QED) is 0.419. The third-order valence-corrected chi connectivity index (χ3v) is 2.55. The van der Waals surface area contributed by atoms with Gasteiger partial charge in [-0.15, -0.1) is 0 Å². The van der Waals surface area contributed by atoms with Gasteiger partial charge in [0, 0.05) is 6.61 Å². The lowest BCUT2D eigenvalue weighted by atomic mass is 10.3. The van der Waals surface area contributed by atoms with Crippen molar-refractivity contribution in [3.63, 3.8) is 0 Å². The number of rotatable bonds is 8. The Morgan fingerprint density at radius 3 is 2.50 bits per heavy atom. The first-order chi connectivity index (χ1) is 6.45. The minimum absolute atomic E-state index is 0.00513. The molecule has 0 spiro atoms. The van der Waals surface area contributed by atoms with Crippen LogP contribution in [0, 0.1) is 0 Å². The van der Waals surface area contributed by atoms with Gasteiger partial charge >= 0.3 is 7.60 Å². The maximum Gasteiger partial charge on any atom is 0.328 e. The zero-order valence-electron chi connectivity index (χ0n) is 8.43.